The number of carbonyl (C=O) groups excluding carboxylic acids is 3. The number of halogens is 4. The maximum atomic E-state index is 14.8. The van der Waals surface area contributed by atoms with Gasteiger partial charge in [0.1, 0.15) is 29.6 Å². The van der Waals surface area contributed by atoms with E-state index in [1.54, 1.807) is 24.0 Å². The van der Waals surface area contributed by atoms with Gasteiger partial charge in [-0.25, -0.2) is 9.37 Å². The first-order valence-corrected chi connectivity index (χ1v) is 13.1. The quantitative estimate of drug-likeness (QED) is 0.496. The average Bonchev–Trinajstić information content (AvgIpc) is 3.66. The minimum Gasteiger partial charge on any atom is -0.337 e. The van der Waals surface area contributed by atoms with Crippen LogP contribution in [0.1, 0.15) is 47.3 Å². The van der Waals surface area contributed by atoms with E-state index in [1.165, 1.54) is 23.2 Å². The van der Waals surface area contributed by atoms with Crippen molar-refractivity contribution in [1.82, 2.24) is 25.0 Å². The molecule has 1 spiro atoms. The smallest absolute Gasteiger partial charge is 0.337 e. The van der Waals surface area contributed by atoms with Crippen LogP contribution in [0.25, 0.3) is 11.0 Å². The van der Waals surface area contributed by atoms with E-state index in [4.69, 9.17) is 0 Å². The van der Waals surface area contributed by atoms with Crippen molar-refractivity contribution in [3.8, 4) is 0 Å². The van der Waals surface area contributed by atoms with Crippen molar-refractivity contribution in [3.63, 3.8) is 0 Å². The van der Waals surface area contributed by atoms with E-state index in [1.807, 2.05) is 0 Å². The van der Waals surface area contributed by atoms with E-state index in [0.717, 1.165) is 4.90 Å². The maximum Gasteiger partial charge on any atom is 0.408 e. The van der Waals surface area contributed by atoms with Crippen LogP contribution >= 0.6 is 0 Å². The van der Waals surface area contributed by atoms with E-state index in [0.29, 0.717) is 22.3 Å². The number of alkyl halides is 3. The molecule has 0 aliphatic carbocycles. The molecule has 0 radical (unpaired) electrons. The SMILES string of the molecule is Cc1c(F)ccc2c1C1(CCN(C(=O)c3ccc4[nH]ncc4n3)CC1)C(=O)N2CC(=O)N1CCCC1C(F)(F)F. The number of anilines is 1. The van der Waals surface area contributed by atoms with Gasteiger partial charge in [-0.2, -0.15) is 18.3 Å². The van der Waals surface area contributed by atoms with Crippen LogP contribution in [-0.2, 0) is 15.0 Å². The third-order valence-corrected chi connectivity index (χ3v) is 8.47. The number of carbonyl (C=O) groups is 3. The molecule has 6 rings (SSSR count). The van der Waals surface area contributed by atoms with Crippen LogP contribution in [0, 0.1) is 12.7 Å². The molecule has 40 heavy (non-hydrogen) atoms. The summed E-state index contributed by atoms with van der Waals surface area (Å²) in [5.74, 6) is -2.10. The average molecular weight is 559 g/mol. The summed E-state index contributed by atoms with van der Waals surface area (Å²) < 4.78 is 55.3. The lowest BCUT2D eigenvalue weighted by atomic mass is 9.72. The van der Waals surface area contributed by atoms with Crippen molar-refractivity contribution in [1.29, 1.82) is 0 Å². The summed E-state index contributed by atoms with van der Waals surface area (Å²) in [6.45, 7) is 1.30. The van der Waals surface area contributed by atoms with Crippen molar-refractivity contribution >= 4 is 34.4 Å². The number of likely N-dealkylation sites (tertiary alicyclic amines) is 2. The van der Waals surface area contributed by atoms with Gasteiger partial charge in [0, 0.05) is 25.3 Å². The first-order valence-electron chi connectivity index (χ1n) is 13.1. The maximum absolute atomic E-state index is 14.8. The third-order valence-electron chi connectivity index (χ3n) is 8.47. The van der Waals surface area contributed by atoms with Crippen LogP contribution in [-0.4, -0.2) is 81.1 Å². The van der Waals surface area contributed by atoms with Crippen molar-refractivity contribution in [3.05, 3.63) is 53.1 Å². The molecule has 3 aliphatic rings. The Morgan fingerprint density at radius 3 is 2.60 bits per heavy atom. The summed E-state index contributed by atoms with van der Waals surface area (Å²) in [4.78, 5) is 48.2. The summed E-state index contributed by atoms with van der Waals surface area (Å²) >= 11 is 0. The van der Waals surface area contributed by atoms with E-state index in [-0.39, 0.29) is 62.5 Å². The molecule has 1 N–H and O–H groups in total. The van der Waals surface area contributed by atoms with Gasteiger partial charge >= 0.3 is 6.18 Å². The number of piperidine rings is 1. The number of nitrogens with zero attached hydrogens (tertiary/aromatic N) is 5. The number of pyridine rings is 1. The lowest BCUT2D eigenvalue weighted by molar-refractivity contribution is -0.182. The Labute approximate surface area is 226 Å². The van der Waals surface area contributed by atoms with Crippen LogP contribution < -0.4 is 4.90 Å². The van der Waals surface area contributed by atoms with Crippen LogP contribution in [0.3, 0.4) is 0 Å². The molecule has 1 atom stereocenters. The zero-order chi connectivity index (χ0) is 28.4. The zero-order valence-corrected chi connectivity index (χ0v) is 21.6. The lowest BCUT2D eigenvalue weighted by Crippen LogP contribution is -2.53. The molecule has 210 valence electrons. The van der Waals surface area contributed by atoms with Gasteiger partial charge in [-0.3, -0.25) is 19.5 Å². The number of nitrogens with one attached hydrogen (secondary N) is 1. The molecule has 3 aliphatic heterocycles. The molecule has 0 saturated carbocycles. The topological polar surface area (TPSA) is 102 Å². The number of amides is 3. The Morgan fingerprint density at radius 1 is 1.12 bits per heavy atom. The normalized spacial score (nSPS) is 20.6. The minimum absolute atomic E-state index is 0.0405. The standard InChI is InChI=1S/C27H26F4N6O3/c1-15-16(28)4-7-20-23(15)26(25(40)37(20)14-22(38)36-10-2-3-21(36)27(29,30)31)8-11-35(12-9-26)24(39)18-6-5-17-19(33-18)13-32-34-17/h4-7,13,21H,2-3,8-12,14H2,1H3,(H,32,34). The number of hydrogen-bond acceptors (Lipinski definition) is 5. The molecule has 1 unspecified atom stereocenters. The summed E-state index contributed by atoms with van der Waals surface area (Å²) in [7, 11) is 0. The fourth-order valence-electron chi connectivity index (χ4n) is 6.43. The van der Waals surface area contributed by atoms with Crippen LogP contribution in [0.5, 0.6) is 0 Å². The Balaban J connectivity index is 1.26. The lowest BCUT2D eigenvalue weighted by Gasteiger charge is -2.39. The summed E-state index contributed by atoms with van der Waals surface area (Å²) in [6.07, 6.45) is -2.67. The second-order valence-electron chi connectivity index (χ2n) is 10.6. The van der Waals surface area contributed by atoms with Gasteiger partial charge in [-0.05, 0) is 68.0 Å². The number of aromatic nitrogens is 3. The second kappa shape index (κ2) is 9.27. The van der Waals surface area contributed by atoms with Crippen LogP contribution in [0.4, 0.5) is 23.2 Å². The van der Waals surface area contributed by atoms with E-state index >= 15 is 0 Å². The van der Waals surface area contributed by atoms with Gasteiger partial charge in [-0.1, -0.05) is 0 Å². The molecule has 9 nitrogen and oxygen atoms in total. The fraction of sp³-hybridized carbons (Fsp3) is 0.444. The molecule has 3 amide bonds. The highest BCUT2D eigenvalue weighted by Crippen LogP contribution is 2.50. The first kappa shape index (κ1) is 26.2. The summed E-state index contributed by atoms with van der Waals surface area (Å²) in [6, 6.07) is 4.01. The van der Waals surface area contributed by atoms with E-state index in [2.05, 4.69) is 15.2 Å². The first-order chi connectivity index (χ1) is 19.0. The van der Waals surface area contributed by atoms with Gasteiger partial charge in [0.2, 0.25) is 11.8 Å². The van der Waals surface area contributed by atoms with Gasteiger partial charge in [0.15, 0.2) is 0 Å². The number of hydrogen-bond donors (Lipinski definition) is 1. The predicted molar refractivity (Wildman–Crippen MR) is 135 cm³/mol. The van der Waals surface area contributed by atoms with E-state index < -0.39 is 41.8 Å². The second-order valence-corrected chi connectivity index (χ2v) is 10.6. The van der Waals surface area contributed by atoms with Gasteiger partial charge < -0.3 is 14.7 Å². The molecular formula is C27H26F4N6O3. The molecule has 2 fully saturated rings. The number of fused-ring (bicyclic) bond motifs is 3. The van der Waals surface area contributed by atoms with Crippen LogP contribution in [0.2, 0.25) is 0 Å². The van der Waals surface area contributed by atoms with Gasteiger partial charge in [-0.15, -0.1) is 0 Å². The van der Waals surface area contributed by atoms with E-state index in [9.17, 15) is 31.9 Å². The molecule has 13 heteroatoms. The molecule has 2 aromatic heterocycles. The van der Waals surface area contributed by atoms with Crippen molar-refractivity contribution in [2.75, 3.05) is 31.1 Å². The van der Waals surface area contributed by atoms with Gasteiger partial charge in [0.05, 0.1) is 17.1 Å². The highest BCUT2D eigenvalue weighted by molar-refractivity contribution is 6.11. The van der Waals surface area contributed by atoms with Crippen molar-refractivity contribution in [2.24, 2.45) is 0 Å². The van der Waals surface area contributed by atoms with Crippen molar-refractivity contribution < 1.29 is 31.9 Å². The molecule has 2 saturated heterocycles. The molecule has 0 bridgehead atoms. The van der Waals surface area contributed by atoms with Gasteiger partial charge in [0.25, 0.3) is 5.91 Å². The number of H-pyrrole nitrogens is 1. The Hall–Kier alpha value is -4.03. The highest BCUT2D eigenvalue weighted by Gasteiger charge is 2.55. The third kappa shape index (κ3) is 4.01. The number of benzene rings is 1. The Bertz CT molecular complexity index is 1530. The molecule has 3 aromatic rings. The predicted octanol–water partition coefficient (Wildman–Crippen LogP) is 3.48. The molecular weight excluding hydrogens is 532 g/mol. The van der Waals surface area contributed by atoms with Crippen LogP contribution in [0.15, 0.2) is 30.5 Å². The number of aromatic amines is 1. The zero-order valence-electron chi connectivity index (χ0n) is 21.6. The molecule has 5 heterocycles. The fourth-order valence-corrected chi connectivity index (χ4v) is 6.43. The number of rotatable bonds is 3. The Kier molecular flexibility index (Phi) is 6.07. The summed E-state index contributed by atoms with van der Waals surface area (Å²) in [5.41, 5.74) is 1.26. The largest absolute Gasteiger partial charge is 0.408 e. The summed E-state index contributed by atoms with van der Waals surface area (Å²) in [5, 5.41) is 6.68. The molecule has 1 aromatic carbocycles. The monoisotopic (exact) mass is 558 g/mol. The highest BCUT2D eigenvalue weighted by atomic mass is 19.4. The minimum atomic E-state index is -4.56. The van der Waals surface area contributed by atoms with Crippen molar-refractivity contribution in [2.45, 2.75) is 50.2 Å². The Morgan fingerprint density at radius 2 is 1.88 bits per heavy atom.